The molecule has 0 aliphatic carbocycles. The molecule has 6 fully saturated rings. The standard InChI is InChI=1S/C37H41ClN4O3.2C34H43ClN4O2/c38-32-14-13-29-23-31(12-11-30(29)24-32)36(43)39-25-33-15-18-42(37(44)35(40-33)16-17-41-19-21-45-22-20-41)26-34(27-7-3-1-4-8-27)28-9-5-2-6-10-28;2*1-2-25(26-9-5-3-6-10-26)24-39-20-15-31(37-32(34(39)41)16-19-38-17-7-4-8-18-38)23-36-33(40)29-12-11-28-22-30(35)14-13-27(28)21-29/h1-14,23-24,33-35,40H,15-22,25-26H2,(H,39,43);2*3,5-6,9-14,21-22,25,31-32,37H,2,4,7-8,15-20,23-24H2,1H3,(H,36,40)/t33-,35-;25-,31+,32+;25-,31-,32-/m001/s1. The molecule has 127 heavy (non-hydrogen) atoms. The zero-order chi connectivity index (χ0) is 88.2. The molecule has 0 spiro atoms. The summed E-state index contributed by atoms with van der Waals surface area (Å²) in [7, 11) is 0. The highest BCUT2D eigenvalue weighted by molar-refractivity contribution is 6.32. The average molecular weight is 1780 g/mol. The molecule has 6 N–H and O–H groups in total. The van der Waals surface area contributed by atoms with E-state index in [1.54, 1.807) is 0 Å². The molecule has 16 rings (SSSR count). The Morgan fingerprint density at radius 2 is 0.646 bits per heavy atom. The number of ether oxygens (including phenoxy) is 1. The van der Waals surface area contributed by atoms with Gasteiger partial charge in [0.2, 0.25) is 17.7 Å². The lowest BCUT2D eigenvalue weighted by molar-refractivity contribution is -0.134. The van der Waals surface area contributed by atoms with E-state index in [1.807, 2.05) is 138 Å². The van der Waals surface area contributed by atoms with Crippen molar-refractivity contribution in [3.8, 4) is 0 Å². The summed E-state index contributed by atoms with van der Waals surface area (Å²) in [6.07, 6.45) is 14.1. The van der Waals surface area contributed by atoms with Crippen LogP contribution in [-0.4, -0.2) is 232 Å². The fourth-order valence-corrected chi connectivity index (χ4v) is 19.5. The number of hydrogen-bond donors (Lipinski definition) is 6. The fraction of sp³-hybridized carbons (Fsp3) is 0.429. The number of carbonyl (C=O) groups excluding carboxylic acids is 6. The second-order valence-electron chi connectivity index (χ2n) is 35.2. The van der Waals surface area contributed by atoms with E-state index in [1.165, 1.54) is 60.8 Å². The summed E-state index contributed by atoms with van der Waals surface area (Å²) < 4.78 is 5.54. The molecule has 0 radical (unpaired) electrons. The number of nitrogens with zero attached hydrogens (tertiary/aromatic N) is 6. The van der Waals surface area contributed by atoms with Gasteiger partial charge in [0.05, 0.1) is 31.3 Å². The van der Waals surface area contributed by atoms with Crippen LogP contribution in [0, 0.1) is 0 Å². The first kappa shape index (κ1) is 93.5. The van der Waals surface area contributed by atoms with Gasteiger partial charge >= 0.3 is 0 Å². The van der Waals surface area contributed by atoms with Gasteiger partial charge in [0.15, 0.2) is 0 Å². The highest BCUT2D eigenvalue weighted by Crippen LogP contribution is 2.32. The van der Waals surface area contributed by atoms with E-state index < -0.39 is 0 Å². The Hall–Kier alpha value is -9.61. The lowest BCUT2D eigenvalue weighted by Crippen LogP contribution is -2.50. The molecule has 10 aromatic rings. The Labute approximate surface area is 765 Å². The highest BCUT2D eigenvalue weighted by atomic mass is 35.5. The molecular formula is C105H127Cl3N12O7. The van der Waals surface area contributed by atoms with Crippen LogP contribution in [0.3, 0.4) is 0 Å². The predicted octanol–water partition coefficient (Wildman–Crippen LogP) is 17.0. The van der Waals surface area contributed by atoms with Crippen molar-refractivity contribution < 1.29 is 33.5 Å². The van der Waals surface area contributed by atoms with E-state index in [-0.39, 0.29) is 77.6 Å². The summed E-state index contributed by atoms with van der Waals surface area (Å²) in [4.78, 5) is 95.0. The van der Waals surface area contributed by atoms with E-state index in [0.717, 1.165) is 162 Å². The molecule has 10 aromatic carbocycles. The number of morpholine rings is 1. The van der Waals surface area contributed by atoms with E-state index in [0.29, 0.717) is 95.8 Å². The molecule has 22 heteroatoms. The second kappa shape index (κ2) is 47.6. The molecule has 8 atom stereocenters. The smallest absolute Gasteiger partial charge is 0.251 e. The molecule has 0 aromatic heterocycles. The minimum Gasteiger partial charge on any atom is -0.379 e. The van der Waals surface area contributed by atoms with Gasteiger partial charge in [0.1, 0.15) is 0 Å². The highest BCUT2D eigenvalue weighted by Gasteiger charge is 2.37. The van der Waals surface area contributed by atoms with E-state index in [9.17, 15) is 28.8 Å². The van der Waals surface area contributed by atoms with Crippen molar-refractivity contribution in [3.05, 3.63) is 285 Å². The topological polar surface area (TPSA) is 203 Å². The minimum atomic E-state index is -0.338. The zero-order valence-corrected chi connectivity index (χ0v) is 76.1. The Bertz CT molecular complexity index is 4980. The van der Waals surface area contributed by atoms with E-state index in [2.05, 4.69) is 167 Å². The Morgan fingerprint density at radius 3 is 0.969 bits per heavy atom. The number of piperidine rings is 2. The Kier molecular flexibility index (Phi) is 35.1. The molecule has 6 aliphatic heterocycles. The zero-order valence-electron chi connectivity index (χ0n) is 73.9. The molecule has 0 bridgehead atoms. The average Bonchev–Trinajstić information content (AvgIpc) is 1.78. The van der Waals surface area contributed by atoms with Gasteiger partial charge in [0, 0.05) is 159 Å². The van der Waals surface area contributed by atoms with Crippen molar-refractivity contribution in [2.45, 2.75) is 158 Å². The summed E-state index contributed by atoms with van der Waals surface area (Å²) in [5.41, 5.74) is 6.81. The van der Waals surface area contributed by atoms with Gasteiger partial charge in [0.25, 0.3) is 17.7 Å². The fourth-order valence-electron chi connectivity index (χ4n) is 19.0. The summed E-state index contributed by atoms with van der Waals surface area (Å²) in [6.45, 7) is 20.2. The van der Waals surface area contributed by atoms with Gasteiger partial charge in [-0.05, 0) is 231 Å². The molecule has 0 unspecified atom stereocenters. The maximum Gasteiger partial charge on any atom is 0.251 e. The number of benzene rings is 10. The molecule has 6 heterocycles. The maximum atomic E-state index is 14.2. The van der Waals surface area contributed by atoms with Crippen LogP contribution in [0.25, 0.3) is 32.3 Å². The van der Waals surface area contributed by atoms with Gasteiger partial charge in [-0.2, -0.15) is 0 Å². The quantitative estimate of drug-likeness (QED) is 0.0248. The SMILES string of the molecule is CC[C@@H](CN1CC[C@H](CNC(=O)c2ccc3cc(Cl)ccc3c2)N[C@H](CCN2CCCCC2)C1=O)c1ccccc1.CC[C@H](CN1CC[C@H](CNC(=O)c2ccc3cc(Cl)ccc3c2)N[C@H](CCN2CCCCC2)C1=O)c1ccccc1.O=C(NC[C@@H]1CCN(CC(c2ccccc2)c2ccccc2)C(=O)[C@H](CCN2CCOCC2)N1)c1ccc2cc(Cl)ccc2c1. The number of fused-ring (bicyclic) bond motifs is 3. The third-order valence-electron chi connectivity index (χ3n) is 26.5. The van der Waals surface area contributed by atoms with Crippen LogP contribution in [-0.2, 0) is 19.1 Å². The molecule has 19 nitrogen and oxygen atoms in total. The van der Waals surface area contributed by atoms with Crippen LogP contribution in [0.2, 0.25) is 15.1 Å². The summed E-state index contributed by atoms with van der Waals surface area (Å²) in [6, 6.07) is 75.2. The monoisotopic (exact) mass is 1770 g/mol. The molecular weight excluding hydrogens is 1650 g/mol. The maximum absolute atomic E-state index is 14.2. The molecule has 0 saturated carbocycles. The van der Waals surface area contributed by atoms with Crippen molar-refractivity contribution in [1.29, 1.82) is 0 Å². The van der Waals surface area contributed by atoms with Crippen LogP contribution in [0.4, 0.5) is 0 Å². The number of nitrogens with one attached hydrogen (secondary N) is 6. The van der Waals surface area contributed by atoms with Gasteiger partial charge in [-0.1, -0.05) is 219 Å². The van der Waals surface area contributed by atoms with Crippen molar-refractivity contribution >= 4 is 103 Å². The first-order valence-corrected chi connectivity index (χ1v) is 47.7. The van der Waals surface area contributed by atoms with Crippen molar-refractivity contribution in [2.75, 3.05) is 131 Å². The number of halogens is 3. The number of rotatable bonds is 30. The van der Waals surface area contributed by atoms with Gasteiger partial charge in [-0.3, -0.25) is 33.7 Å². The normalized spacial score (nSPS) is 20.5. The van der Waals surface area contributed by atoms with Gasteiger partial charge in [-0.15, -0.1) is 0 Å². The lowest BCUT2D eigenvalue weighted by atomic mass is 9.90. The molecule has 6 saturated heterocycles. The number of carbonyl (C=O) groups is 6. The van der Waals surface area contributed by atoms with E-state index in [4.69, 9.17) is 39.5 Å². The third kappa shape index (κ3) is 27.0. The van der Waals surface area contributed by atoms with Crippen LogP contribution < -0.4 is 31.9 Å². The summed E-state index contributed by atoms with van der Waals surface area (Å²) in [5.74, 6) is 0.865. The van der Waals surface area contributed by atoms with Crippen LogP contribution in [0.15, 0.2) is 231 Å². The first-order chi connectivity index (χ1) is 62.0. The van der Waals surface area contributed by atoms with Gasteiger partial charge in [-0.25, -0.2) is 0 Å². The minimum absolute atomic E-state index is 0.0234. The van der Waals surface area contributed by atoms with Crippen molar-refractivity contribution in [2.24, 2.45) is 0 Å². The molecule has 6 amide bonds. The van der Waals surface area contributed by atoms with Crippen molar-refractivity contribution in [3.63, 3.8) is 0 Å². The third-order valence-corrected chi connectivity index (χ3v) is 27.2. The number of amides is 6. The second-order valence-corrected chi connectivity index (χ2v) is 36.6. The molecule has 670 valence electrons. The number of hydrogen-bond acceptors (Lipinski definition) is 13. The predicted molar refractivity (Wildman–Crippen MR) is 515 cm³/mol. The van der Waals surface area contributed by atoms with Crippen LogP contribution >= 0.6 is 34.8 Å². The Morgan fingerprint density at radius 1 is 0.354 bits per heavy atom. The Balaban J connectivity index is 0.000000155. The van der Waals surface area contributed by atoms with Crippen LogP contribution in [0.1, 0.15) is 175 Å². The van der Waals surface area contributed by atoms with Gasteiger partial charge < -0.3 is 61.1 Å². The van der Waals surface area contributed by atoms with E-state index >= 15 is 0 Å². The molecule has 6 aliphatic rings. The van der Waals surface area contributed by atoms with Crippen molar-refractivity contribution in [1.82, 2.24) is 61.3 Å². The lowest BCUT2D eigenvalue weighted by Gasteiger charge is -2.31. The summed E-state index contributed by atoms with van der Waals surface area (Å²) in [5, 5.41) is 28.4. The first-order valence-electron chi connectivity index (χ1n) is 46.5. The van der Waals surface area contributed by atoms with Crippen LogP contribution in [0.5, 0.6) is 0 Å². The summed E-state index contributed by atoms with van der Waals surface area (Å²) >= 11 is 18.4. The largest absolute Gasteiger partial charge is 0.379 e. The number of likely N-dealkylation sites (tertiary alicyclic amines) is 2.